The molecule has 4 nitrogen and oxygen atoms in total. The number of anilines is 2. The Morgan fingerprint density at radius 1 is 1.56 bits per heavy atom. The van der Waals surface area contributed by atoms with Crippen LogP contribution in [0.2, 0.25) is 0 Å². The van der Waals surface area contributed by atoms with E-state index >= 15 is 0 Å². The Labute approximate surface area is 101 Å². The molecule has 0 bridgehead atoms. The predicted molar refractivity (Wildman–Crippen MR) is 68.1 cm³/mol. The SMILES string of the molecule is COC1CN(c2snc(N)c2C)CCC1C. The van der Waals surface area contributed by atoms with Gasteiger partial charge in [0.2, 0.25) is 0 Å². The van der Waals surface area contributed by atoms with E-state index in [1.165, 1.54) is 16.5 Å². The van der Waals surface area contributed by atoms with Crippen LogP contribution in [0.4, 0.5) is 10.8 Å². The summed E-state index contributed by atoms with van der Waals surface area (Å²) in [6.45, 7) is 6.30. The van der Waals surface area contributed by atoms with Crippen molar-refractivity contribution in [3.8, 4) is 0 Å². The molecule has 2 heterocycles. The van der Waals surface area contributed by atoms with Crippen LogP contribution < -0.4 is 10.6 Å². The molecule has 0 spiro atoms. The highest BCUT2D eigenvalue weighted by Crippen LogP contribution is 2.33. The van der Waals surface area contributed by atoms with E-state index in [0.717, 1.165) is 25.1 Å². The zero-order valence-electron chi connectivity index (χ0n) is 10.1. The summed E-state index contributed by atoms with van der Waals surface area (Å²) in [5, 5.41) is 1.20. The van der Waals surface area contributed by atoms with Crippen LogP contribution in [0, 0.1) is 12.8 Å². The Balaban J connectivity index is 2.14. The molecule has 1 aromatic heterocycles. The molecule has 0 saturated carbocycles. The van der Waals surface area contributed by atoms with E-state index in [1.807, 2.05) is 6.92 Å². The first-order chi connectivity index (χ1) is 7.63. The second-order valence-corrected chi connectivity index (χ2v) is 5.24. The molecule has 1 aliphatic heterocycles. The Hall–Kier alpha value is -0.810. The van der Waals surface area contributed by atoms with E-state index < -0.39 is 0 Å². The molecule has 2 N–H and O–H groups in total. The quantitative estimate of drug-likeness (QED) is 0.859. The molecule has 1 saturated heterocycles. The highest BCUT2D eigenvalue weighted by atomic mass is 32.1. The Bertz CT molecular complexity index is 366. The Morgan fingerprint density at radius 3 is 2.88 bits per heavy atom. The third-order valence-corrected chi connectivity index (χ3v) is 4.44. The number of hydrogen-bond donors (Lipinski definition) is 1. The van der Waals surface area contributed by atoms with Crippen LogP contribution in [-0.2, 0) is 4.74 Å². The number of methoxy groups -OCH3 is 1. The Morgan fingerprint density at radius 2 is 2.31 bits per heavy atom. The summed E-state index contributed by atoms with van der Waals surface area (Å²) >= 11 is 1.49. The maximum Gasteiger partial charge on any atom is 0.142 e. The molecule has 5 heteroatoms. The van der Waals surface area contributed by atoms with E-state index in [1.54, 1.807) is 7.11 Å². The van der Waals surface area contributed by atoms with Gasteiger partial charge in [-0.3, -0.25) is 0 Å². The minimum Gasteiger partial charge on any atom is -0.383 e. The second-order valence-electron chi connectivity index (χ2n) is 4.48. The molecular formula is C11H19N3OS. The number of hydrogen-bond acceptors (Lipinski definition) is 5. The van der Waals surface area contributed by atoms with E-state index in [4.69, 9.17) is 10.5 Å². The third kappa shape index (κ3) is 2.01. The number of ether oxygens (including phenoxy) is 1. The average Bonchev–Trinajstić information content (AvgIpc) is 2.61. The summed E-state index contributed by atoms with van der Waals surface area (Å²) in [5.74, 6) is 1.29. The fourth-order valence-electron chi connectivity index (χ4n) is 2.16. The van der Waals surface area contributed by atoms with Crippen LogP contribution >= 0.6 is 11.5 Å². The van der Waals surface area contributed by atoms with Crippen molar-refractivity contribution in [3.05, 3.63) is 5.56 Å². The molecule has 1 aliphatic rings. The lowest BCUT2D eigenvalue weighted by Gasteiger charge is -2.36. The van der Waals surface area contributed by atoms with Crippen LogP contribution in [0.15, 0.2) is 0 Å². The van der Waals surface area contributed by atoms with Gasteiger partial charge >= 0.3 is 0 Å². The third-order valence-electron chi connectivity index (χ3n) is 3.41. The van der Waals surface area contributed by atoms with Crippen LogP contribution in [-0.4, -0.2) is 30.7 Å². The molecule has 16 heavy (non-hydrogen) atoms. The lowest BCUT2D eigenvalue weighted by Crippen LogP contribution is -2.43. The molecule has 0 amide bonds. The monoisotopic (exact) mass is 241 g/mol. The predicted octanol–water partition coefficient (Wildman–Crippen LogP) is 1.89. The first kappa shape index (κ1) is 11.7. The Kier molecular flexibility index (Phi) is 3.35. The maximum atomic E-state index is 5.78. The number of nitrogens with zero attached hydrogens (tertiary/aromatic N) is 2. The van der Waals surface area contributed by atoms with Crippen molar-refractivity contribution < 1.29 is 4.74 Å². The molecule has 0 radical (unpaired) electrons. The molecule has 2 rings (SSSR count). The maximum absolute atomic E-state index is 5.78. The lowest BCUT2D eigenvalue weighted by molar-refractivity contribution is 0.0500. The minimum absolute atomic E-state index is 0.316. The summed E-state index contributed by atoms with van der Waals surface area (Å²) < 4.78 is 9.71. The van der Waals surface area contributed by atoms with E-state index in [-0.39, 0.29) is 0 Å². The van der Waals surface area contributed by atoms with Crippen LogP contribution in [0.25, 0.3) is 0 Å². The van der Waals surface area contributed by atoms with Crippen molar-refractivity contribution in [1.82, 2.24) is 4.37 Å². The zero-order valence-corrected chi connectivity index (χ0v) is 10.9. The fourth-order valence-corrected chi connectivity index (χ4v) is 3.00. The smallest absolute Gasteiger partial charge is 0.142 e. The molecule has 1 aromatic rings. The topological polar surface area (TPSA) is 51.4 Å². The molecule has 0 aliphatic carbocycles. The summed E-state index contributed by atoms with van der Waals surface area (Å²) in [4.78, 5) is 2.34. The van der Waals surface area contributed by atoms with Gasteiger partial charge in [-0.2, -0.15) is 4.37 Å². The van der Waals surface area contributed by atoms with Crippen molar-refractivity contribution in [1.29, 1.82) is 0 Å². The van der Waals surface area contributed by atoms with Gasteiger partial charge in [0, 0.05) is 25.8 Å². The number of aromatic nitrogens is 1. The van der Waals surface area contributed by atoms with Gasteiger partial charge in [-0.1, -0.05) is 6.92 Å². The van der Waals surface area contributed by atoms with Gasteiger partial charge in [0.25, 0.3) is 0 Å². The number of piperidine rings is 1. The minimum atomic E-state index is 0.316. The van der Waals surface area contributed by atoms with Gasteiger partial charge in [-0.15, -0.1) is 0 Å². The number of rotatable bonds is 2. The van der Waals surface area contributed by atoms with Gasteiger partial charge in [0.15, 0.2) is 0 Å². The summed E-state index contributed by atoms with van der Waals surface area (Å²) in [7, 11) is 1.79. The summed E-state index contributed by atoms with van der Waals surface area (Å²) in [5.41, 5.74) is 6.89. The standard InChI is InChI=1S/C11H19N3OS/c1-7-4-5-14(6-9(7)15-3)11-8(2)10(12)13-16-11/h7,9H,4-6H2,1-3H3,(H2,12,13). The molecule has 0 aromatic carbocycles. The molecule has 1 fully saturated rings. The first-order valence-corrected chi connectivity index (χ1v) is 6.40. The molecular weight excluding hydrogens is 222 g/mol. The zero-order chi connectivity index (χ0) is 11.7. The van der Waals surface area contributed by atoms with Gasteiger partial charge in [0.1, 0.15) is 10.8 Å². The number of nitrogens with two attached hydrogens (primary N) is 1. The highest BCUT2D eigenvalue weighted by molar-refractivity contribution is 7.10. The summed E-state index contributed by atoms with van der Waals surface area (Å²) in [6.07, 6.45) is 1.48. The van der Waals surface area contributed by atoms with E-state index in [9.17, 15) is 0 Å². The van der Waals surface area contributed by atoms with E-state index in [2.05, 4.69) is 16.2 Å². The van der Waals surface area contributed by atoms with Crippen molar-refractivity contribution >= 4 is 22.4 Å². The van der Waals surface area contributed by atoms with Crippen molar-refractivity contribution in [2.75, 3.05) is 30.8 Å². The average molecular weight is 241 g/mol. The lowest BCUT2D eigenvalue weighted by atomic mass is 9.96. The van der Waals surface area contributed by atoms with Gasteiger partial charge in [-0.25, -0.2) is 0 Å². The van der Waals surface area contributed by atoms with Crippen LogP contribution in [0.1, 0.15) is 18.9 Å². The molecule has 2 atom stereocenters. The van der Waals surface area contributed by atoms with Gasteiger partial charge in [-0.05, 0) is 30.8 Å². The summed E-state index contributed by atoms with van der Waals surface area (Å²) in [6, 6.07) is 0. The number of nitrogen functional groups attached to an aromatic ring is 1. The normalized spacial score (nSPS) is 26.1. The fraction of sp³-hybridized carbons (Fsp3) is 0.727. The van der Waals surface area contributed by atoms with Gasteiger partial charge < -0.3 is 15.4 Å². The van der Waals surface area contributed by atoms with Crippen molar-refractivity contribution in [3.63, 3.8) is 0 Å². The van der Waals surface area contributed by atoms with Crippen molar-refractivity contribution in [2.24, 2.45) is 5.92 Å². The second kappa shape index (κ2) is 4.59. The highest BCUT2D eigenvalue weighted by Gasteiger charge is 2.28. The van der Waals surface area contributed by atoms with Crippen LogP contribution in [0.5, 0.6) is 0 Å². The first-order valence-electron chi connectivity index (χ1n) is 5.63. The van der Waals surface area contributed by atoms with Gasteiger partial charge in [0.05, 0.1) is 6.10 Å². The van der Waals surface area contributed by atoms with E-state index in [0.29, 0.717) is 17.8 Å². The largest absolute Gasteiger partial charge is 0.383 e. The molecule has 2 unspecified atom stereocenters. The van der Waals surface area contributed by atoms with Crippen LogP contribution in [0.3, 0.4) is 0 Å². The molecule has 90 valence electrons. The van der Waals surface area contributed by atoms with Crippen molar-refractivity contribution in [2.45, 2.75) is 26.4 Å².